The van der Waals surface area contributed by atoms with Gasteiger partial charge in [0.15, 0.2) is 0 Å². The summed E-state index contributed by atoms with van der Waals surface area (Å²) in [6.45, 7) is 6.20. The molecule has 1 rings (SSSR count). The first-order valence-corrected chi connectivity index (χ1v) is 7.61. The van der Waals surface area contributed by atoms with Gasteiger partial charge in [0, 0.05) is 43.5 Å². The van der Waals surface area contributed by atoms with E-state index in [1.165, 1.54) is 12.2 Å². The summed E-state index contributed by atoms with van der Waals surface area (Å²) < 4.78 is 0. The molecule has 0 unspecified atom stereocenters. The van der Waals surface area contributed by atoms with Crippen molar-refractivity contribution in [1.82, 2.24) is 10.2 Å². The molecular formula is C16H24N2O4. The fraction of sp³-hybridized carbons (Fsp3) is 0.625. The zero-order valence-corrected chi connectivity index (χ0v) is 13.5. The van der Waals surface area contributed by atoms with Crippen LogP contribution in [0.15, 0.2) is 12.2 Å². The van der Waals surface area contributed by atoms with Gasteiger partial charge in [-0.2, -0.15) is 0 Å². The molecule has 0 saturated carbocycles. The average molecular weight is 308 g/mol. The van der Waals surface area contributed by atoms with Crippen molar-refractivity contribution in [3.05, 3.63) is 12.2 Å². The Bertz CT molecular complexity index is 476. The molecule has 6 heteroatoms. The van der Waals surface area contributed by atoms with E-state index in [9.17, 15) is 19.2 Å². The van der Waals surface area contributed by atoms with Gasteiger partial charge in [-0.1, -0.05) is 20.8 Å². The smallest absolute Gasteiger partial charge is 0.253 e. The van der Waals surface area contributed by atoms with Crippen LogP contribution in [0.5, 0.6) is 0 Å². The molecule has 1 heterocycles. The second-order valence-electron chi connectivity index (χ2n) is 6.07. The third-order valence-electron chi connectivity index (χ3n) is 3.77. The summed E-state index contributed by atoms with van der Waals surface area (Å²) in [7, 11) is 0. The highest BCUT2D eigenvalue weighted by Gasteiger charge is 2.26. The molecule has 0 aliphatic carbocycles. The summed E-state index contributed by atoms with van der Waals surface area (Å²) in [5.41, 5.74) is -0.450. The van der Waals surface area contributed by atoms with Crippen molar-refractivity contribution in [1.29, 1.82) is 0 Å². The zero-order chi connectivity index (χ0) is 16.8. The molecule has 6 nitrogen and oxygen atoms in total. The second kappa shape index (κ2) is 7.87. The molecular weight excluding hydrogens is 284 g/mol. The summed E-state index contributed by atoms with van der Waals surface area (Å²) in [4.78, 5) is 47.3. The van der Waals surface area contributed by atoms with Gasteiger partial charge in [0.05, 0.1) is 0 Å². The van der Waals surface area contributed by atoms with E-state index < -0.39 is 5.41 Å². The standard InChI is InChI=1S/C16H24N2O4/c1-4-5-12(19)16(2,3)9-10-17-13(20)8-11-18-14(21)6-7-15(18)22/h6-7H,4-5,8-11H2,1-3H3,(H,17,20). The maximum atomic E-state index is 11.9. The number of amides is 3. The average Bonchev–Trinajstić information content (AvgIpc) is 2.76. The zero-order valence-electron chi connectivity index (χ0n) is 13.5. The summed E-state index contributed by atoms with van der Waals surface area (Å²) in [6, 6.07) is 0. The van der Waals surface area contributed by atoms with E-state index in [0.29, 0.717) is 19.4 Å². The van der Waals surface area contributed by atoms with Crippen molar-refractivity contribution in [3.63, 3.8) is 0 Å². The summed E-state index contributed by atoms with van der Waals surface area (Å²) in [5.74, 6) is -0.803. The van der Waals surface area contributed by atoms with E-state index in [0.717, 1.165) is 11.3 Å². The lowest BCUT2D eigenvalue weighted by atomic mass is 9.82. The van der Waals surface area contributed by atoms with Crippen LogP contribution in [-0.4, -0.2) is 41.5 Å². The fourth-order valence-corrected chi connectivity index (χ4v) is 2.17. The van der Waals surface area contributed by atoms with Gasteiger partial charge in [-0.25, -0.2) is 0 Å². The van der Waals surface area contributed by atoms with Crippen molar-refractivity contribution in [2.75, 3.05) is 13.1 Å². The molecule has 0 radical (unpaired) electrons. The van der Waals surface area contributed by atoms with E-state index in [1.807, 2.05) is 20.8 Å². The number of nitrogens with zero attached hydrogens (tertiary/aromatic N) is 1. The van der Waals surface area contributed by atoms with Crippen molar-refractivity contribution in [2.24, 2.45) is 5.41 Å². The number of ketones is 1. The molecule has 1 aliphatic rings. The minimum Gasteiger partial charge on any atom is -0.356 e. The van der Waals surface area contributed by atoms with Crippen LogP contribution in [0.1, 0.15) is 46.5 Å². The Kier molecular flexibility index (Phi) is 6.46. The fourth-order valence-electron chi connectivity index (χ4n) is 2.17. The monoisotopic (exact) mass is 308 g/mol. The van der Waals surface area contributed by atoms with Crippen LogP contribution < -0.4 is 5.32 Å². The minimum atomic E-state index is -0.450. The highest BCUT2D eigenvalue weighted by molar-refractivity contribution is 6.13. The number of hydrogen-bond acceptors (Lipinski definition) is 4. The molecule has 0 aromatic carbocycles. The Balaban J connectivity index is 2.28. The van der Waals surface area contributed by atoms with Gasteiger partial charge in [-0.15, -0.1) is 0 Å². The summed E-state index contributed by atoms with van der Waals surface area (Å²) in [6.07, 6.45) is 4.40. The van der Waals surface area contributed by atoms with Crippen molar-refractivity contribution in [2.45, 2.75) is 46.5 Å². The Hall–Kier alpha value is -1.98. The lowest BCUT2D eigenvalue weighted by molar-refractivity contribution is -0.137. The highest BCUT2D eigenvalue weighted by atomic mass is 16.2. The van der Waals surface area contributed by atoms with E-state index in [4.69, 9.17) is 0 Å². The van der Waals surface area contributed by atoms with Crippen LogP contribution in [0.25, 0.3) is 0 Å². The normalized spacial score (nSPS) is 14.6. The van der Waals surface area contributed by atoms with Crippen LogP contribution in [0, 0.1) is 5.41 Å². The molecule has 22 heavy (non-hydrogen) atoms. The minimum absolute atomic E-state index is 0.0719. The first-order valence-electron chi connectivity index (χ1n) is 7.61. The van der Waals surface area contributed by atoms with Crippen molar-refractivity contribution < 1.29 is 19.2 Å². The predicted octanol–water partition coefficient (Wildman–Crippen LogP) is 1.20. The lowest BCUT2D eigenvalue weighted by Crippen LogP contribution is -2.36. The van der Waals surface area contributed by atoms with Gasteiger partial charge >= 0.3 is 0 Å². The SMILES string of the molecule is CCCC(=O)C(C)(C)CCNC(=O)CCN1C(=O)C=CC1=O. The number of carbonyl (C=O) groups excluding carboxylic acids is 4. The first kappa shape index (κ1) is 18.1. The highest BCUT2D eigenvalue weighted by Crippen LogP contribution is 2.23. The van der Waals surface area contributed by atoms with Crippen LogP contribution in [0.3, 0.4) is 0 Å². The van der Waals surface area contributed by atoms with Crippen LogP contribution in [0.2, 0.25) is 0 Å². The van der Waals surface area contributed by atoms with Crippen molar-refractivity contribution in [3.8, 4) is 0 Å². The van der Waals surface area contributed by atoms with Gasteiger partial charge in [-0.05, 0) is 12.8 Å². The topological polar surface area (TPSA) is 83.6 Å². The van der Waals surface area contributed by atoms with Crippen LogP contribution >= 0.6 is 0 Å². The molecule has 0 spiro atoms. The Morgan fingerprint density at radius 2 is 1.73 bits per heavy atom. The summed E-state index contributed by atoms with van der Waals surface area (Å²) >= 11 is 0. The lowest BCUT2D eigenvalue weighted by Gasteiger charge is -2.23. The van der Waals surface area contributed by atoms with Crippen molar-refractivity contribution >= 4 is 23.5 Å². The third kappa shape index (κ3) is 5.09. The third-order valence-corrected chi connectivity index (χ3v) is 3.77. The van der Waals surface area contributed by atoms with E-state index >= 15 is 0 Å². The van der Waals surface area contributed by atoms with Gasteiger partial charge in [0.1, 0.15) is 5.78 Å². The Morgan fingerprint density at radius 1 is 1.14 bits per heavy atom. The molecule has 0 fully saturated rings. The van der Waals surface area contributed by atoms with Crippen LogP contribution in [0.4, 0.5) is 0 Å². The van der Waals surface area contributed by atoms with Gasteiger partial charge in [0.25, 0.3) is 11.8 Å². The molecule has 122 valence electrons. The molecule has 0 aromatic heterocycles. The number of rotatable bonds is 9. The molecule has 0 saturated heterocycles. The quantitative estimate of drug-likeness (QED) is 0.649. The number of Topliss-reactive ketones (excluding diaryl/α,β-unsaturated/α-hetero) is 1. The molecule has 0 bridgehead atoms. The molecule has 1 aliphatic heterocycles. The number of nitrogens with one attached hydrogen (secondary N) is 1. The largest absolute Gasteiger partial charge is 0.356 e. The van der Waals surface area contributed by atoms with E-state index in [1.54, 1.807) is 0 Å². The number of hydrogen-bond donors (Lipinski definition) is 1. The maximum Gasteiger partial charge on any atom is 0.253 e. The molecule has 1 N–H and O–H groups in total. The Morgan fingerprint density at radius 3 is 2.27 bits per heavy atom. The molecule has 3 amide bonds. The van der Waals surface area contributed by atoms with Gasteiger partial charge in [-0.3, -0.25) is 24.1 Å². The molecule has 0 atom stereocenters. The number of imide groups is 1. The Labute approximate surface area is 130 Å². The maximum absolute atomic E-state index is 11.9. The first-order chi connectivity index (χ1) is 10.3. The van der Waals surface area contributed by atoms with Crippen LogP contribution in [-0.2, 0) is 19.2 Å². The van der Waals surface area contributed by atoms with E-state index in [-0.39, 0.29) is 36.5 Å². The summed E-state index contributed by atoms with van der Waals surface area (Å²) in [5, 5.41) is 2.73. The number of carbonyl (C=O) groups is 4. The van der Waals surface area contributed by atoms with E-state index in [2.05, 4.69) is 5.32 Å². The molecule has 0 aromatic rings. The van der Waals surface area contributed by atoms with Gasteiger partial charge in [0.2, 0.25) is 5.91 Å². The van der Waals surface area contributed by atoms with Gasteiger partial charge < -0.3 is 5.32 Å². The second-order valence-corrected chi connectivity index (χ2v) is 6.07. The predicted molar refractivity (Wildman–Crippen MR) is 81.8 cm³/mol.